The van der Waals surface area contributed by atoms with Crippen LogP contribution in [-0.2, 0) is 28.2 Å². The van der Waals surface area contributed by atoms with Gasteiger partial charge in [0, 0.05) is 36.5 Å². The zero-order valence-corrected chi connectivity index (χ0v) is 63.1. The molecule has 4 heterocycles. The maximum atomic E-state index is 7.89. The monoisotopic (exact) mass is 1370 g/mol. The summed E-state index contributed by atoms with van der Waals surface area (Å²) in [6, 6.07) is 87.7. The van der Waals surface area contributed by atoms with E-state index in [0.717, 1.165) is 56.1 Å². The van der Waals surface area contributed by atoms with Crippen LogP contribution in [0, 0.1) is 96.8 Å². The first-order valence-electron chi connectivity index (χ1n) is 38.7. The van der Waals surface area contributed by atoms with Gasteiger partial charge in [0.1, 0.15) is 22.7 Å². The summed E-state index contributed by atoms with van der Waals surface area (Å²) >= 11 is 0. The normalized spacial score (nSPS) is 12.1. The van der Waals surface area contributed by atoms with Gasteiger partial charge in [-0.2, -0.15) is 0 Å². The Morgan fingerprint density at radius 2 is 0.519 bits per heavy atom. The van der Waals surface area contributed by atoms with Gasteiger partial charge >= 0.3 is 0 Å². The lowest BCUT2D eigenvalue weighted by molar-refractivity contribution is -0.734. The highest BCUT2D eigenvalue weighted by Crippen LogP contribution is 2.38. The van der Waals surface area contributed by atoms with E-state index in [4.69, 9.17) is 8.22 Å². The van der Waals surface area contributed by atoms with Gasteiger partial charge in [0.05, 0.1) is 41.5 Å². The van der Waals surface area contributed by atoms with Gasteiger partial charge in [0.25, 0.3) is 0 Å². The predicted octanol–water partition coefficient (Wildman–Crippen LogP) is 21.2. The number of aryl methyl sites for hydroxylation is 14. The third kappa shape index (κ3) is 15.5. The molecule has 15 rings (SSSR count). The van der Waals surface area contributed by atoms with Crippen molar-refractivity contribution < 1.29 is 27.0 Å². The molecule has 0 saturated heterocycles. The highest BCUT2D eigenvalue weighted by Gasteiger charge is 2.30. The largest absolute Gasteiger partial charge is 0.246 e. The molecule has 0 spiro atoms. The fraction of sp³-hybridized carbons (Fsp3) is 0.188. The maximum absolute atomic E-state index is 7.89. The van der Waals surface area contributed by atoms with Gasteiger partial charge in [-0.15, -0.1) is 37.5 Å². The summed E-state index contributed by atoms with van der Waals surface area (Å²) in [5, 5.41) is 0. The van der Waals surface area contributed by atoms with Crippen molar-refractivity contribution in [3.05, 3.63) is 357 Å². The van der Waals surface area contributed by atoms with Crippen LogP contribution in [0.3, 0.4) is 0 Å². The van der Waals surface area contributed by atoms with Crippen LogP contribution in [0.15, 0.2) is 280 Å². The molecule has 8 heteroatoms. The average Bonchev–Trinajstić information content (AvgIpc) is 1.64. The molecule has 4 aromatic heterocycles. The van der Waals surface area contributed by atoms with Crippen molar-refractivity contribution in [2.75, 3.05) is 0 Å². The quantitative estimate of drug-likeness (QED) is 0.116. The lowest BCUT2D eigenvalue weighted by Crippen LogP contribution is -2.39. The summed E-state index contributed by atoms with van der Waals surface area (Å²) in [6.07, 6.45) is 8.69. The van der Waals surface area contributed by atoms with Crippen LogP contribution in [-0.4, -0.2) is 18.7 Å². The molecule has 0 amide bonds. The van der Waals surface area contributed by atoms with E-state index in [1.165, 1.54) is 112 Å². The van der Waals surface area contributed by atoms with Crippen LogP contribution in [0.2, 0.25) is 0 Å². The fourth-order valence-electron chi connectivity index (χ4n) is 14.8. The number of benzene rings is 11. The number of nitrogens with zero attached hydrogens (tertiary/aromatic N) is 8. The molecule has 0 saturated carbocycles. The second-order valence-electron chi connectivity index (χ2n) is 27.9. The smallest absolute Gasteiger partial charge is 0.128 e. The second-order valence-corrected chi connectivity index (χ2v) is 27.9. The minimum absolute atomic E-state index is 0.361. The number of hydrogen-bond acceptors (Lipinski definition) is 0. The van der Waals surface area contributed by atoms with E-state index in [2.05, 4.69) is 311 Å². The van der Waals surface area contributed by atoms with Gasteiger partial charge in [-0.3, -0.25) is 0 Å². The van der Waals surface area contributed by atoms with Gasteiger partial charge < -0.3 is 0 Å². The van der Waals surface area contributed by atoms with Crippen molar-refractivity contribution >= 4 is 0 Å². The highest BCUT2D eigenvalue weighted by molar-refractivity contribution is 5.84. The van der Waals surface area contributed by atoms with E-state index in [1.54, 1.807) is 24.3 Å². The van der Waals surface area contributed by atoms with Gasteiger partial charge in [0.2, 0.25) is 22.8 Å². The summed E-state index contributed by atoms with van der Waals surface area (Å²) < 4.78 is 64.1. The van der Waals surface area contributed by atoms with Crippen LogP contribution < -0.4 is 18.7 Å². The number of para-hydroxylation sites is 4. The maximum Gasteiger partial charge on any atom is 0.246 e. The van der Waals surface area contributed by atoms with Gasteiger partial charge in [-0.1, -0.05) is 220 Å². The van der Waals surface area contributed by atoms with Gasteiger partial charge in [-0.05, 0) is 220 Å². The minimum Gasteiger partial charge on any atom is -0.128 e. The summed E-state index contributed by atoms with van der Waals surface area (Å²) in [5.74, 6) is 0. The Bertz CT molecular complexity index is 5780. The molecule has 0 N–H and O–H groups in total. The molecule has 15 aromatic rings. The molecule has 0 fully saturated rings. The van der Waals surface area contributed by atoms with E-state index in [9.17, 15) is 0 Å². The molecule has 0 aliphatic rings. The lowest BCUT2D eigenvalue weighted by Gasteiger charge is -2.09. The molecule has 520 valence electrons. The Kier molecular flexibility index (Phi) is 19.3. The molecular formula is C96H100N8+4. The molecule has 0 bridgehead atoms. The Morgan fingerprint density at radius 3 is 0.875 bits per heavy atom. The molecule has 0 atom stereocenters. The third-order valence-corrected chi connectivity index (χ3v) is 19.6. The summed E-state index contributed by atoms with van der Waals surface area (Å²) in [6.45, 7) is 21.2. The number of rotatable bonds is 11. The summed E-state index contributed by atoms with van der Waals surface area (Å²) in [4.78, 5) is 0. The van der Waals surface area contributed by atoms with Crippen molar-refractivity contribution in [2.45, 2.75) is 96.8 Å². The lowest BCUT2D eigenvalue weighted by atomic mass is 9.93. The molecule has 0 radical (unpaired) electrons. The Balaban J connectivity index is 0.000000137. The summed E-state index contributed by atoms with van der Waals surface area (Å²) in [5.41, 5.74) is 35.8. The minimum atomic E-state index is -2.15. The zero-order chi connectivity index (χ0) is 78.6. The summed E-state index contributed by atoms with van der Waals surface area (Å²) in [7, 11) is 8.31. The SMILES string of the molecule is Cc1cc(C)cc(-c2c(-c3c(C)cccc3C)cn(-c3ccccc3C)[n+]2C)c1.Cc1cc(C)cc(-c2c(-c3ccccc3)cn(-c3ccccc3C)[n+]2C)c1.[2H]C([2H])([2H])c1cc(C)cc(-c2c(-c3ccccc3)cn(-c3ccccc3C)[n+]2C)c1.[2H]C([2H])([2H])c1cc(C)cc(-c2ccn(-c3ccccc3C)[n+]2C)c1. The third-order valence-electron chi connectivity index (χ3n) is 19.6. The topological polar surface area (TPSA) is 35.2 Å². The van der Waals surface area contributed by atoms with Gasteiger partial charge in [0.15, 0.2) is 28.2 Å². The van der Waals surface area contributed by atoms with Crippen molar-refractivity contribution in [1.82, 2.24) is 18.7 Å². The first-order chi connectivity index (χ1) is 52.4. The molecule has 0 aliphatic carbocycles. The van der Waals surface area contributed by atoms with Crippen LogP contribution in [0.5, 0.6) is 0 Å². The predicted molar refractivity (Wildman–Crippen MR) is 432 cm³/mol. The molecular weight excluding hydrogens is 1270 g/mol. The molecule has 8 nitrogen and oxygen atoms in total. The molecule has 0 aliphatic heterocycles. The average molecular weight is 1370 g/mol. The van der Waals surface area contributed by atoms with Crippen molar-refractivity contribution in [3.63, 3.8) is 0 Å². The standard InChI is InChI=1S/C27H29N2.2C25H25N2.C19H21N2/c1-18-14-19(2)16-23(15-18)27-24(26-21(4)11-9-12-22(26)5)17-29(28(27)6)25-13-8-7-10-20(25)3;2*1-18-14-19(2)16-22(15-18)25-23(21-11-6-5-7-12-21)17-27(26(25)4)24-13-9-8-10-20(24)3;1-14-11-15(2)13-17(12-14)19-9-10-21(20(19)4)18-8-6-5-7-16(18)3/h7-17H,1-6H3;2*5-17H,1-4H3;5-13H,1-4H3/q4*+1/i;1D3;;1D3. The van der Waals surface area contributed by atoms with Crippen LogP contribution in [0.25, 0.3) is 101 Å². The first kappa shape index (κ1) is 64.4. The van der Waals surface area contributed by atoms with E-state index in [0.29, 0.717) is 11.1 Å². The van der Waals surface area contributed by atoms with Crippen molar-refractivity contribution in [3.8, 4) is 101 Å². The fourth-order valence-corrected chi connectivity index (χ4v) is 14.8. The molecule has 11 aromatic carbocycles. The van der Waals surface area contributed by atoms with E-state index >= 15 is 0 Å². The molecule has 104 heavy (non-hydrogen) atoms. The van der Waals surface area contributed by atoms with Crippen LogP contribution in [0.1, 0.15) is 86.1 Å². The van der Waals surface area contributed by atoms with E-state index < -0.39 is 13.7 Å². The number of hydrogen-bond donors (Lipinski definition) is 0. The zero-order valence-electron chi connectivity index (χ0n) is 69.1. The van der Waals surface area contributed by atoms with Crippen molar-refractivity contribution in [1.29, 1.82) is 0 Å². The van der Waals surface area contributed by atoms with E-state index in [1.807, 2.05) is 93.4 Å². The number of aromatic nitrogens is 8. The Morgan fingerprint density at radius 1 is 0.240 bits per heavy atom. The first-order valence-corrected chi connectivity index (χ1v) is 35.7. The highest BCUT2D eigenvalue weighted by atomic mass is 15.4. The van der Waals surface area contributed by atoms with Crippen LogP contribution in [0.4, 0.5) is 0 Å². The van der Waals surface area contributed by atoms with E-state index in [-0.39, 0.29) is 0 Å². The van der Waals surface area contributed by atoms with Crippen molar-refractivity contribution in [2.24, 2.45) is 28.2 Å². The Hall–Kier alpha value is -11.7. The second kappa shape index (κ2) is 31.2. The van der Waals surface area contributed by atoms with Crippen LogP contribution >= 0.6 is 0 Å². The Labute approximate surface area is 626 Å². The molecule has 0 unspecified atom stereocenters. The van der Waals surface area contributed by atoms with Gasteiger partial charge in [-0.25, -0.2) is 0 Å².